The molecule has 0 saturated heterocycles. The number of para-hydroxylation sites is 4. The van der Waals surface area contributed by atoms with Gasteiger partial charge in [0.05, 0.1) is 48.2 Å². The summed E-state index contributed by atoms with van der Waals surface area (Å²) in [5.74, 6) is 3.06. The second kappa shape index (κ2) is 10.2. The molecule has 0 N–H and O–H groups in total. The Morgan fingerprint density at radius 2 is 1.15 bits per heavy atom. The lowest BCUT2D eigenvalue weighted by molar-refractivity contribution is 0.104. The minimum atomic E-state index is 0.00189. The van der Waals surface area contributed by atoms with Crippen LogP contribution < -0.4 is 24.0 Å². The van der Waals surface area contributed by atoms with Crippen molar-refractivity contribution in [3.05, 3.63) is 132 Å². The van der Waals surface area contributed by atoms with Crippen LogP contribution in [0, 0.1) is 0 Å². The number of nitrogens with zero attached hydrogens (tertiary/aromatic N) is 2. The zero-order chi connectivity index (χ0) is 30.9. The molecular formula is C39H26N2O4S. The van der Waals surface area contributed by atoms with Crippen LogP contribution in [0.15, 0.2) is 131 Å². The molecule has 7 heteroatoms. The van der Waals surface area contributed by atoms with Gasteiger partial charge in [-0.25, -0.2) is 0 Å². The van der Waals surface area contributed by atoms with Crippen LogP contribution in [0.4, 0.5) is 34.1 Å². The summed E-state index contributed by atoms with van der Waals surface area (Å²) in [6, 6.07) is 40.4. The number of rotatable bonds is 4. The van der Waals surface area contributed by atoms with Gasteiger partial charge in [-0.15, -0.1) is 0 Å². The molecule has 9 rings (SSSR count). The molecule has 6 nitrogen and oxygen atoms in total. The fourth-order valence-electron chi connectivity index (χ4n) is 6.68. The molecule has 46 heavy (non-hydrogen) atoms. The highest BCUT2D eigenvalue weighted by Crippen LogP contribution is 2.56. The second-order valence-corrected chi connectivity index (χ2v) is 12.3. The molecule has 0 amide bonds. The highest BCUT2D eigenvalue weighted by Gasteiger charge is 2.36. The summed E-state index contributed by atoms with van der Waals surface area (Å²) in [5.41, 5.74) is 8.72. The van der Waals surface area contributed by atoms with Gasteiger partial charge >= 0.3 is 0 Å². The number of carbonyl (C=O) groups excluding carboxylic acids is 1. The minimum Gasteiger partial charge on any atom is -0.497 e. The molecule has 2 heterocycles. The van der Waals surface area contributed by atoms with Gasteiger partial charge in [-0.2, -0.15) is 0 Å². The monoisotopic (exact) mass is 618 g/mol. The van der Waals surface area contributed by atoms with Gasteiger partial charge in [0.2, 0.25) is 0 Å². The topological polar surface area (TPSA) is 51.2 Å². The smallest absolute Gasteiger partial charge is 0.196 e. The number of carbonyl (C=O) groups is 1. The van der Waals surface area contributed by atoms with Gasteiger partial charge in [-0.05, 0) is 83.9 Å². The number of hydrogen-bond donors (Lipinski definition) is 0. The molecule has 0 fully saturated rings. The number of hydrogen-bond acceptors (Lipinski definition) is 7. The summed E-state index contributed by atoms with van der Waals surface area (Å²) < 4.78 is 17.5. The van der Waals surface area contributed by atoms with E-state index in [1.807, 2.05) is 91.0 Å². The molecule has 0 saturated carbocycles. The molecule has 0 radical (unpaired) electrons. The first kappa shape index (κ1) is 26.7. The maximum atomic E-state index is 14.4. The standard InChI is InChI=1S/C39H26N2O4S/c1-43-24-15-18-36-32(21-24)41(33-22-25(44-2)16-19-37(33)46-36)31-11-7-8-26-28-20-23(14-17-27(28)39(42)38(26)31)40-29-9-3-5-12-34(29)45-35-13-6-4-10-30(35)40/h3-22H,1-2H3. The SMILES string of the molecule is COc1ccc2c(c1)N(c1cccc3c1C(=O)c1ccc(N4c5ccccc5Oc5ccccc54)cc1-3)c1cc(OC)ccc1S2. The van der Waals surface area contributed by atoms with Crippen LogP contribution >= 0.6 is 11.8 Å². The lowest BCUT2D eigenvalue weighted by Crippen LogP contribution is -2.17. The van der Waals surface area contributed by atoms with Crippen LogP contribution in [0.3, 0.4) is 0 Å². The van der Waals surface area contributed by atoms with Crippen molar-refractivity contribution in [3.8, 4) is 34.1 Å². The quantitative estimate of drug-likeness (QED) is 0.194. The number of methoxy groups -OCH3 is 2. The van der Waals surface area contributed by atoms with Crippen LogP contribution in [0.5, 0.6) is 23.0 Å². The van der Waals surface area contributed by atoms with Crippen molar-refractivity contribution in [1.29, 1.82) is 0 Å². The zero-order valence-electron chi connectivity index (χ0n) is 25.0. The van der Waals surface area contributed by atoms with E-state index in [-0.39, 0.29) is 5.78 Å². The predicted octanol–water partition coefficient (Wildman–Crippen LogP) is 10.4. The van der Waals surface area contributed by atoms with E-state index in [4.69, 9.17) is 14.2 Å². The Hall–Kier alpha value is -5.66. The van der Waals surface area contributed by atoms with Crippen molar-refractivity contribution < 1.29 is 19.0 Å². The molecule has 0 unspecified atom stereocenters. The van der Waals surface area contributed by atoms with E-state index in [1.165, 1.54) is 0 Å². The summed E-state index contributed by atoms with van der Waals surface area (Å²) in [7, 11) is 3.34. The van der Waals surface area contributed by atoms with Crippen molar-refractivity contribution in [2.24, 2.45) is 0 Å². The van der Waals surface area contributed by atoms with Gasteiger partial charge in [0.15, 0.2) is 17.3 Å². The van der Waals surface area contributed by atoms with E-state index in [0.29, 0.717) is 11.1 Å². The number of benzene rings is 6. The first-order valence-electron chi connectivity index (χ1n) is 14.9. The van der Waals surface area contributed by atoms with Crippen molar-refractivity contribution in [2.75, 3.05) is 24.0 Å². The van der Waals surface area contributed by atoms with Gasteiger partial charge in [0.1, 0.15) is 11.5 Å². The summed E-state index contributed by atoms with van der Waals surface area (Å²) >= 11 is 1.69. The second-order valence-electron chi connectivity index (χ2n) is 11.2. The van der Waals surface area contributed by atoms with Crippen LogP contribution in [0.1, 0.15) is 15.9 Å². The molecule has 1 aliphatic carbocycles. The Morgan fingerprint density at radius 1 is 0.543 bits per heavy atom. The number of fused-ring (bicyclic) bond motifs is 7. The van der Waals surface area contributed by atoms with Crippen LogP contribution in [0.25, 0.3) is 11.1 Å². The molecule has 0 spiro atoms. The Kier molecular flexibility index (Phi) is 5.92. The van der Waals surface area contributed by atoms with E-state index < -0.39 is 0 Å². The summed E-state index contributed by atoms with van der Waals surface area (Å²) in [6.45, 7) is 0. The molecule has 3 aliphatic rings. The summed E-state index contributed by atoms with van der Waals surface area (Å²) in [5, 5.41) is 0. The van der Waals surface area contributed by atoms with E-state index in [9.17, 15) is 4.79 Å². The highest BCUT2D eigenvalue weighted by molar-refractivity contribution is 7.99. The molecule has 222 valence electrons. The Balaban J connectivity index is 1.23. The van der Waals surface area contributed by atoms with Crippen LogP contribution in [-0.4, -0.2) is 20.0 Å². The normalized spacial score (nSPS) is 13.5. The Labute approximate surface area is 270 Å². The maximum Gasteiger partial charge on any atom is 0.196 e. The number of ether oxygens (including phenoxy) is 3. The summed E-state index contributed by atoms with van der Waals surface area (Å²) in [6.07, 6.45) is 0. The number of anilines is 6. The third-order valence-corrected chi connectivity index (χ3v) is 9.90. The lowest BCUT2D eigenvalue weighted by atomic mass is 10.0. The van der Waals surface area contributed by atoms with Gasteiger partial charge in [-0.3, -0.25) is 4.79 Å². The van der Waals surface area contributed by atoms with Gasteiger partial charge in [-0.1, -0.05) is 48.2 Å². The van der Waals surface area contributed by atoms with Gasteiger partial charge in [0.25, 0.3) is 0 Å². The first-order valence-corrected chi connectivity index (χ1v) is 15.8. The lowest BCUT2D eigenvalue weighted by Gasteiger charge is -2.34. The third kappa shape index (κ3) is 3.88. The molecule has 6 aromatic carbocycles. The van der Waals surface area contributed by atoms with Crippen molar-refractivity contribution in [3.63, 3.8) is 0 Å². The van der Waals surface area contributed by atoms with E-state index >= 15 is 0 Å². The average Bonchev–Trinajstić information content (AvgIpc) is 3.40. The predicted molar refractivity (Wildman–Crippen MR) is 182 cm³/mol. The fraction of sp³-hybridized carbons (Fsp3) is 0.0513. The summed E-state index contributed by atoms with van der Waals surface area (Å²) in [4.78, 5) is 20.9. The fourth-order valence-corrected chi connectivity index (χ4v) is 7.70. The van der Waals surface area contributed by atoms with Crippen LogP contribution in [0.2, 0.25) is 0 Å². The molecule has 0 aromatic heterocycles. The molecule has 2 aliphatic heterocycles. The van der Waals surface area contributed by atoms with Crippen LogP contribution in [-0.2, 0) is 0 Å². The largest absolute Gasteiger partial charge is 0.497 e. The highest BCUT2D eigenvalue weighted by atomic mass is 32.2. The van der Waals surface area contributed by atoms with Crippen molar-refractivity contribution in [1.82, 2.24) is 0 Å². The Morgan fingerprint density at radius 3 is 1.78 bits per heavy atom. The third-order valence-electron chi connectivity index (χ3n) is 8.77. The van der Waals surface area contributed by atoms with Crippen molar-refractivity contribution in [2.45, 2.75) is 9.79 Å². The molecular weight excluding hydrogens is 593 g/mol. The van der Waals surface area contributed by atoms with E-state index in [0.717, 1.165) is 78.0 Å². The van der Waals surface area contributed by atoms with E-state index in [1.54, 1.807) is 26.0 Å². The Bertz CT molecular complexity index is 2150. The average molecular weight is 619 g/mol. The molecule has 0 atom stereocenters. The maximum absolute atomic E-state index is 14.4. The zero-order valence-corrected chi connectivity index (χ0v) is 25.8. The van der Waals surface area contributed by atoms with Crippen molar-refractivity contribution >= 4 is 51.7 Å². The van der Waals surface area contributed by atoms with Gasteiger partial charge in [0, 0.05) is 33.2 Å². The minimum absolute atomic E-state index is 0.00189. The molecule has 0 bridgehead atoms. The van der Waals surface area contributed by atoms with E-state index in [2.05, 4.69) is 40.1 Å². The number of ketones is 1. The van der Waals surface area contributed by atoms with Gasteiger partial charge < -0.3 is 24.0 Å². The first-order chi connectivity index (χ1) is 22.6. The molecule has 6 aromatic rings.